The van der Waals surface area contributed by atoms with Crippen molar-refractivity contribution in [1.82, 2.24) is 14.5 Å². The van der Waals surface area contributed by atoms with Crippen LogP contribution in [0.25, 0.3) is 27.8 Å². The fourth-order valence-corrected chi connectivity index (χ4v) is 4.99. The number of thioether (sulfide) groups is 1. The molecule has 0 N–H and O–H groups in total. The average molecular weight is 438 g/mol. The van der Waals surface area contributed by atoms with Gasteiger partial charge in [0, 0.05) is 17.0 Å². The molecule has 0 aliphatic heterocycles. The Bertz CT molecular complexity index is 1350. The molecule has 158 valence electrons. The number of hydrogen-bond donors (Lipinski definition) is 0. The van der Waals surface area contributed by atoms with Crippen molar-refractivity contribution < 1.29 is 4.74 Å². The van der Waals surface area contributed by atoms with Crippen LogP contribution < -0.4 is 4.74 Å². The van der Waals surface area contributed by atoms with Crippen molar-refractivity contribution in [3.05, 3.63) is 103 Å². The lowest BCUT2D eigenvalue weighted by Gasteiger charge is -2.13. The fraction of sp³-hybridized carbons (Fsp3) is 0.111. The summed E-state index contributed by atoms with van der Waals surface area (Å²) in [6.45, 7) is 2.22. The monoisotopic (exact) mass is 437 g/mol. The van der Waals surface area contributed by atoms with E-state index in [4.69, 9.17) is 14.7 Å². The van der Waals surface area contributed by atoms with Gasteiger partial charge in [0.15, 0.2) is 0 Å². The molecule has 0 aliphatic carbocycles. The number of hydrogen-bond acceptors (Lipinski definition) is 4. The zero-order chi connectivity index (χ0) is 21.9. The Morgan fingerprint density at radius 1 is 0.844 bits per heavy atom. The Hall–Kier alpha value is -3.57. The second-order valence-corrected chi connectivity index (χ2v) is 8.83. The summed E-state index contributed by atoms with van der Waals surface area (Å²) in [5.41, 5.74) is 5.33. The predicted octanol–water partition coefficient (Wildman–Crippen LogP) is 6.95. The van der Waals surface area contributed by atoms with E-state index in [9.17, 15) is 0 Å². The third-order valence-corrected chi connectivity index (χ3v) is 6.69. The lowest BCUT2D eigenvalue weighted by Crippen LogP contribution is -1.98. The molecule has 2 aromatic heterocycles. The number of benzene rings is 3. The Morgan fingerprint density at radius 2 is 1.53 bits per heavy atom. The minimum absolute atomic E-state index is 0.257. The lowest BCUT2D eigenvalue weighted by atomic mass is 10.1. The van der Waals surface area contributed by atoms with E-state index in [-0.39, 0.29) is 5.25 Å². The van der Waals surface area contributed by atoms with Crippen LogP contribution in [0, 0.1) is 0 Å². The number of fused-ring (bicyclic) bond motifs is 1. The largest absolute Gasteiger partial charge is 0.495 e. The molecule has 5 heteroatoms. The molecule has 5 aromatic rings. The smallest absolute Gasteiger partial charge is 0.149 e. The molecular formula is C27H23N3OS. The fourth-order valence-electron chi connectivity index (χ4n) is 3.93. The van der Waals surface area contributed by atoms with E-state index in [0.717, 1.165) is 38.6 Å². The maximum Gasteiger partial charge on any atom is 0.149 e. The normalized spacial score (nSPS) is 12.1. The first-order chi connectivity index (χ1) is 15.8. The molecule has 2 heterocycles. The third-order valence-electron chi connectivity index (χ3n) is 5.54. The standard InChI is InChI=1S/C27H23N3OS/c1-19(20-11-5-3-6-12-20)32-27-25-22(21-13-7-4-8-14-21)17-30(26(25)28-18-29-27)23-15-9-10-16-24(23)31-2/h3-19H,1-2H3/t19-/m0/s1. The third kappa shape index (κ3) is 3.76. The van der Waals surface area contributed by atoms with Crippen LogP contribution in [0.15, 0.2) is 102 Å². The van der Waals surface area contributed by atoms with Gasteiger partial charge in [-0.25, -0.2) is 9.97 Å². The number of ether oxygens (including phenoxy) is 1. The van der Waals surface area contributed by atoms with Gasteiger partial charge in [-0.1, -0.05) is 84.6 Å². The van der Waals surface area contributed by atoms with E-state index in [0.29, 0.717) is 0 Å². The van der Waals surface area contributed by atoms with Gasteiger partial charge in [0.1, 0.15) is 22.7 Å². The van der Waals surface area contributed by atoms with Crippen LogP contribution in [0.4, 0.5) is 0 Å². The summed E-state index contributed by atoms with van der Waals surface area (Å²) in [5, 5.41) is 2.28. The Morgan fingerprint density at radius 3 is 2.28 bits per heavy atom. The molecule has 0 unspecified atom stereocenters. The Kier molecular flexibility index (Phi) is 5.65. The number of methoxy groups -OCH3 is 1. The summed E-state index contributed by atoms with van der Waals surface area (Å²) in [6.07, 6.45) is 3.80. The first-order valence-electron chi connectivity index (χ1n) is 10.5. The Balaban J connectivity index is 1.72. The molecule has 3 aromatic carbocycles. The maximum atomic E-state index is 5.65. The molecule has 0 bridgehead atoms. The number of aromatic nitrogens is 3. The van der Waals surface area contributed by atoms with E-state index >= 15 is 0 Å². The molecule has 0 fully saturated rings. The molecule has 0 spiro atoms. The van der Waals surface area contributed by atoms with E-state index < -0.39 is 0 Å². The lowest BCUT2D eigenvalue weighted by molar-refractivity contribution is 0.413. The second kappa shape index (κ2) is 8.89. The van der Waals surface area contributed by atoms with Crippen LogP contribution in [0.3, 0.4) is 0 Å². The van der Waals surface area contributed by atoms with Gasteiger partial charge in [-0.2, -0.15) is 0 Å². The molecule has 0 saturated heterocycles. The van der Waals surface area contributed by atoms with Crippen molar-refractivity contribution in [2.24, 2.45) is 0 Å². The van der Waals surface area contributed by atoms with Crippen molar-refractivity contribution in [2.45, 2.75) is 17.2 Å². The molecule has 4 nitrogen and oxygen atoms in total. The van der Waals surface area contributed by atoms with Gasteiger partial charge in [0.2, 0.25) is 0 Å². The average Bonchev–Trinajstić information content (AvgIpc) is 3.25. The summed E-state index contributed by atoms with van der Waals surface area (Å²) in [5.74, 6) is 0.800. The molecule has 32 heavy (non-hydrogen) atoms. The first kappa shape index (κ1) is 20.3. The molecule has 0 amide bonds. The molecule has 0 aliphatic rings. The summed E-state index contributed by atoms with van der Waals surface area (Å²) in [6, 6.07) is 28.9. The summed E-state index contributed by atoms with van der Waals surface area (Å²) in [7, 11) is 1.69. The van der Waals surface area contributed by atoms with Crippen molar-refractivity contribution in [2.75, 3.05) is 7.11 Å². The van der Waals surface area contributed by atoms with Crippen LogP contribution in [0.1, 0.15) is 17.7 Å². The van der Waals surface area contributed by atoms with Gasteiger partial charge in [-0.05, 0) is 30.2 Å². The van der Waals surface area contributed by atoms with Crippen molar-refractivity contribution in [1.29, 1.82) is 0 Å². The molecule has 5 rings (SSSR count). The highest BCUT2D eigenvalue weighted by Crippen LogP contribution is 2.42. The quantitative estimate of drug-likeness (QED) is 0.213. The van der Waals surface area contributed by atoms with Crippen molar-refractivity contribution >= 4 is 22.8 Å². The van der Waals surface area contributed by atoms with Crippen LogP contribution in [-0.2, 0) is 0 Å². The first-order valence-corrected chi connectivity index (χ1v) is 11.4. The number of para-hydroxylation sites is 2. The van der Waals surface area contributed by atoms with Crippen molar-refractivity contribution in [3.8, 4) is 22.6 Å². The predicted molar refractivity (Wildman–Crippen MR) is 132 cm³/mol. The van der Waals surface area contributed by atoms with E-state index in [1.54, 1.807) is 25.2 Å². The molecule has 0 radical (unpaired) electrons. The van der Waals surface area contributed by atoms with E-state index in [1.807, 2.05) is 30.3 Å². The minimum atomic E-state index is 0.257. The highest BCUT2D eigenvalue weighted by Gasteiger charge is 2.20. The van der Waals surface area contributed by atoms with E-state index in [2.05, 4.69) is 72.3 Å². The van der Waals surface area contributed by atoms with E-state index in [1.165, 1.54) is 5.56 Å². The highest BCUT2D eigenvalue weighted by molar-refractivity contribution is 7.99. The number of rotatable bonds is 6. The maximum absolute atomic E-state index is 5.65. The topological polar surface area (TPSA) is 39.9 Å². The SMILES string of the molecule is COc1ccccc1-n1cc(-c2ccccc2)c2c(S[C@@H](C)c3ccccc3)ncnc21. The van der Waals surface area contributed by atoms with Crippen LogP contribution >= 0.6 is 11.8 Å². The van der Waals surface area contributed by atoms with Crippen LogP contribution in [0.5, 0.6) is 5.75 Å². The van der Waals surface area contributed by atoms with Gasteiger partial charge >= 0.3 is 0 Å². The minimum Gasteiger partial charge on any atom is -0.495 e. The Labute approximate surface area is 191 Å². The van der Waals surface area contributed by atoms with Crippen LogP contribution in [-0.4, -0.2) is 21.6 Å². The van der Waals surface area contributed by atoms with Crippen LogP contribution in [0.2, 0.25) is 0 Å². The van der Waals surface area contributed by atoms with Gasteiger partial charge in [0.25, 0.3) is 0 Å². The summed E-state index contributed by atoms with van der Waals surface area (Å²) in [4.78, 5) is 9.42. The second-order valence-electron chi connectivity index (χ2n) is 7.50. The van der Waals surface area contributed by atoms with Gasteiger partial charge in [0.05, 0.1) is 18.2 Å². The summed E-state index contributed by atoms with van der Waals surface area (Å²) < 4.78 is 7.75. The van der Waals surface area contributed by atoms with Crippen molar-refractivity contribution in [3.63, 3.8) is 0 Å². The van der Waals surface area contributed by atoms with Gasteiger partial charge in [-0.3, -0.25) is 4.57 Å². The zero-order valence-electron chi connectivity index (χ0n) is 18.0. The number of nitrogens with zero attached hydrogens (tertiary/aromatic N) is 3. The molecule has 1 atom stereocenters. The summed E-state index contributed by atoms with van der Waals surface area (Å²) >= 11 is 1.76. The molecular weight excluding hydrogens is 414 g/mol. The highest BCUT2D eigenvalue weighted by atomic mass is 32.2. The van der Waals surface area contributed by atoms with Gasteiger partial charge in [-0.15, -0.1) is 0 Å². The molecule has 0 saturated carbocycles. The van der Waals surface area contributed by atoms with Gasteiger partial charge < -0.3 is 4.74 Å². The zero-order valence-corrected chi connectivity index (χ0v) is 18.8.